The summed E-state index contributed by atoms with van der Waals surface area (Å²) in [5.74, 6) is -1.05. The lowest BCUT2D eigenvalue weighted by Crippen LogP contribution is -2.50. The van der Waals surface area contributed by atoms with Crippen molar-refractivity contribution in [2.24, 2.45) is 0 Å². The van der Waals surface area contributed by atoms with Crippen LogP contribution in [0.25, 0.3) is 0 Å². The number of carboxylic acid groups (broad SMARTS) is 1. The molecule has 1 aromatic rings. The molecule has 0 saturated carbocycles. The molecule has 0 spiro atoms. The maximum absolute atomic E-state index is 12.3. The lowest BCUT2D eigenvalue weighted by Gasteiger charge is -2.31. The van der Waals surface area contributed by atoms with Crippen LogP contribution in [-0.4, -0.2) is 29.7 Å². The second-order valence-corrected chi connectivity index (χ2v) is 5.08. The van der Waals surface area contributed by atoms with Crippen LogP contribution in [0.15, 0.2) is 24.3 Å². The number of aromatic carboxylic acids is 1. The van der Waals surface area contributed by atoms with E-state index in [-0.39, 0.29) is 17.1 Å². The highest BCUT2D eigenvalue weighted by Crippen LogP contribution is 2.21. The van der Waals surface area contributed by atoms with Crippen LogP contribution in [0.4, 0.5) is 10.5 Å². The molecule has 1 aromatic carbocycles. The first-order valence-corrected chi connectivity index (χ1v) is 6.72. The monoisotopic (exact) mass is 278 g/mol. The number of hydrogen-bond acceptors (Lipinski definition) is 2. The molecule has 0 aromatic heterocycles. The number of amides is 2. The number of anilines is 1. The molecule has 0 unspecified atom stereocenters. The lowest BCUT2D eigenvalue weighted by atomic mass is 9.96. The third-order valence-corrected chi connectivity index (χ3v) is 3.77. The van der Waals surface area contributed by atoms with Crippen LogP contribution in [-0.2, 0) is 0 Å². The van der Waals surface area contributed by atoms with Gasteiger partial charge >= 0.3 is 12.0 Å². The largest absolute Gasteiger partial charge is 0.478 e. The molecule has 0 atom stereocenters. The molecule has 0 aliphatic rings. The molecule has 2 N–H and O–H groups in total. The van der Waals surface area contributed by atoms with E-state index in [0.717, 1.165) is 12.8 Å². The zero-order valence-corrected chi connectivity index (χ0v) is 12.4. The zero-order valence-electron chi connectivity index (χ0n) is 12.4. The fraction of sp³-hybridized carbons (Fsp3) is 0.467. The number of rotatable bonds is 5. The van der Waals surface area contributed by atoms with Crippen molar-refractivity contribution in [1.29, 1.82) is 0 Å². The molecule has 0 bridgehead atoms. The third-order valence-electron chi connectivity index (χ3n) is 3.77. The predicted molar refractivity (Wildman–Crippen MR) is 79.3 cm³/mol. The van der Waals surface area contributed by atoms with E-state index < -0.39 is 5.97 Å². The maximum atomic E-state index is 12.3. The second kappa shape index (κ2) is 6.41. The highest BCUT2D eigenvalue weighted by molar-refractivity contribution is 6.01. The summed E-state index contributed by atoms with van der Waals surface area (Å²) in [6.45, 7) is 5.99. The minimum atomic E-state index is -1.05. The van der Waals surface area contributed by atoms with E-state index in [1.807, 2.05) is 20.8 Å². The van der Waals surface area contributed by atoms with Crippen LogP contribution in [0, 0.1) is 0 Å². The van der Waals surface area contributed by atoms with Crippen LogP contribution in [0.5, 0.6) is 0 Å². The Morgan fingerprint density at radius 2 is 1.80 bits per heavy atom. The van der Waals surface area contributed by atoms with Gasteiger partial charge in [-0.25, -0.2) is 9.59 Å². The van der Waals surface area contributed by atoms with E-state index in [0.29, 0.717) is 5.69 Å². The quantitative estimate of drug-likeness (QED) is 0.869. The maximum Gasteiger partial charge on any atom is 0.337 e. The number of carbonyl (C=O) groups is 2. The standard InChI is InChI=1S/C15H22N2O3/c1-5-15(3,6-2)16-14(20)17(4)12-10-8-7-9-11(12)13(18)19/h7-10H,5-6H2,1-4H3,(H,16,20)(H,18,19). The first kappa shape index (κ1) is 16.0. The molecular weight excluding hydrogens is 256 g/mol. The SMILES string of the molecule is CCC(C)(CC)NC(=O)N(C)c1ccccc1C(=O)O. The van der Waals surface area contributed by atoms with Gasteiger partial charge < -0.3 is 10.4 Å². The summed E-state index contributed by atoms with van der Waals surface area (Å²) in [6.07, 6.45) is 1.62. The van der Waals surface area contributed by atoms with E-state index in [1.165, 1.54) is 11.0 Å². The van der Waals surface area contributed by atoms with Crippen molar-refractivity contribution < 1.29 is 14.7 Å². The average molecular weight is 278 g/mol. The molecule has 0 saturated heterocycles. The molecule has 20 heavy (non-hydrogen) atoms. The Balaban J connectivity index is 2.98. The molecule has 110 valence electrons. The minimum absolute atomic E-state index is 0.111. The van der Waals surface area contributed by atoms with Crippen molar-refractivity contribution in [2.75, 3.05) is 11.9 Å². The number of hydrogen-bond donors (Lipinski definition) is 2. The Kier molecular flexibility index (Phi) is 5.13. The highest BCUT2D eigenvalue weighted by atomic mass is 16.4. The summed E-state index contributed by atoms with van der Waals surface area (Å²) in [7, 11) is 1.57. The number of urea groups is 1. The van der Waals surface area contributed by atoms with Gasteiger partial charge in [0.15, 0.2) is 0 Å². The van der Waals surface area contributed by atoms with E-state index in [9.17, 15) is 9.59 Å². The van der Waals surface area contributed by atoms with Crippen molar-refractivity contribution >= 4 is 17.7 Å². The summed E-state index contributed by atoms with van der Waals surface area (Å²) < 4.78 is 0. The van der Waals surface area contributed by atoms with E-state index >= 15 is 0 Å². The predicted octanol–water partition coefficient (Wildman–Crippen LogP) is 3.11. The van der Waals surface area contributed by atoms with Crippen molar-refractivity contribution in [1.82, 2.24) is 5.32 Å². The van der Waals surface area contributed by atoms with E-state index in [4.69, 9.17) is 5.11 Å². The second-order valence-electron chi connectivity index (χ2n) is 5.08. The van der Waals surface area contributed by atoms with Gasteiger partial charge in [0.1, 0.15) is 0 Å². The Labute approximate surface area is 119 Å². The summed E-state index contributed by atoms with van der Waals surface area (Å²) >= 11 is 0. The van der Waals surface area contributed by atoms with Crippen molar-refractivity contribution in [3.05, 3.63) is 29.8 Å². The minimum Gasteiger partial charge on any atom is -0.478 e. The van der Waals surface area contributed by atoms with Crippen molar-refractivity contribution in [3.63, 3.8) is 0 Å². The zero-order chi connectivity index (χ0) is 15.3. The normalized spacial score (nSPS) is 11.0. The van der Waals surface area contributed by atoms with E-state index in [2.05, 4.69) is 5.32 Å². The number of nitrogens with zero attached hydrogens (tertiary/aromatic N) is 1. The van der Waals surface area contributed by atoms with Gasteiger partial charge in [-0.2, -0.15) is 0 Å². The summed E-state index contributed by atoms with van der Waals surface area (Å²) in [6, 6.07) is 6.16. The number of nitrogens with one attached hydrogen (secondary N) is 1. The fourth-order valence-corrected chi connectivity index (χ4v) is 1.83. The van der Waals surface area contributed by atoms with Gasteiger partial charge in [0.05, 0.1) is 11.3 Å². The van der Waals surface area contributed by atoms with Crippen LogP contribution in [0.2, 0.25) is 0 Å². The molecule has 0 aliphatic heterocycles. The van der Waals surface area contributed by atoms with Gasteiger partial charge in [0.2, 0.25) is 0 Å². The molecule has 0 fully saturated rings. The van der Waals surface area contributed by atoms with Crippen molar-refractivity contribution in [2.45, 2.75) is 39.2 Å². The smallest absolute Gasteiger partial charge is 0.337 e. The van der Waals surface area contributed by atoms with Crippen molar-refractivity contribution in [3.8, 4) is 0 Å². The Bertz CT molecular complexity index is 496. The Morgan fingerprint density at radius 1 is 1.25 bits per heavy atom. The molecule has 0 heterocycles. The molecule has 5 nitrogen and oxygen atoms in total. The summed E-state index contributed by atoms with van der Waals surface area (Å²) in [4.78, 5) is 24.8. The first-order chi connectivity index (χ1) is 9.34. The molecule has 5 heteroatoms. The van der Waals surface area contributed by atoms with Gasteiger partial charge in [-0.3, -0.25) is 4.90 Å². The first-order valence-electron chi connectivity index (χ1n) is 6.72. The third kappa shape index (κ3) is 3.50. The van der Waals surface area contributed by atoms with Crippen LogP contribution in [0.3, 0.4) is 0 Å². The van der Waals surface area contributed by atoms with Crippen LogP contribution in [0.1, 0.15) is 44.0 Å². The van der Waals surface area contributed by atoms with Gasteiger partial charge in [-0.15, -0.1) is 0 Å². The Morgan fingerprint density at radius 3 is 2.30 bits per heavy atom. The summed E-state index contributed by atoms with van der Waals surface area (Å²) in [5.41, 5.74) is 0.204. The number of carbonyl (C=O) groups excluding carboxylic acids is 1. The topological polar surface area (TPSA) is 69.6 Å². The highest BCUT2D eigenvalue weighted by Gasteiger charge is 2.25. The van der Waals surface area contributed by atoms with Crippen LogP contribution >= 0.6 is 0 Å². The Hall–Kier alpha value is -2.04. The average Bonchev–Trinajstić information content (AvgIpc) is 2.46. The molecular formula is C15H22N2O3. The molecule has 1 rings (SSSR count). The van der Waals surface area contributed by atoms with Gasteiger partial charge in [-0.05, 0) is 31.9 Å². The lowest BCUT2D eigenvalue weighted by molar-refractivity contribution is 0.0697. The fourth-order valence-electron chi connectivity index (χ4n) is 1.83. The van der Waals surface area contributed by atoms with E-state index in [1.54, 1.807) is 25.2 Å². The number of benzene rings is 1. The number of carboxylic acids is 1. The summed E-state index contributed by atoms with van der Waals surface area (Å²) in [5, 5.41) is 12.1. The molecule has 0 radical (unpaired) electrons. The molecule has 0 aliphatic carbocycles. The molecule has 2 amide bonds. The van der Waals surface area contributed by atoms with Crippen LogP contribution < -0.4 is 10.2 Å². The number of para-hydroxylation sites is 1. The van der Waals surface area contributed by atoms with Gasteiger partial charge in [0, 0.05) is 12.6 Å². The van der Waals surface area contributed by atoms with Gasteiger partial charge in [0.25, 0.3) is 0 Å². The van der Waals surface area contributed by atoms with Gasteiger partial charge in [-0.1, -0.05) is 26.0 Å².